The van der Waals surface area contributed by atoms with E-state index in [0.29, 0.717) is 43.2 Å². The lowest BCUT2D eigenvalue weighted by atomic mass is 10.1. The highest BCUT2D eigenvalue weighted by molar-refractivity contribution is 7.19. The zero-order valence-corrected chi connectivity index (χ0v) is 19.9. The van der Waals surface area contributed by atoms with Crippen LogP contribution < -0.4 is 20.3 Å². The summed E-state index contributed by atoms with van der Waals surface area (Å²) in [6.45, 7) is 7.39. The monoisotopic (exact) mass is 468 g/mol. The number of aryl methyl sites for hydroxylation is 1. The maximum absolute atomic E-state index is 12.8. The van der Waals surface area contributed by atoms with Gasteiger partial charge >= 0.3 is 0 Å². The van der Waals surface area contributed by atoms with Crippen molar-refractivity contribution >= 4 is 33.0 Å². The third-order valence-corrected chi connectivity index (χ3v) is 6.54. The minimum Gasteiger partial charge on any atom is -0.490 e. The average molecular weight is 469 g/mol. The number of carbonyl (C=O) groups is 1. The van der Waals surface area contributed by atoms with Crippen LogP contribution in [0.2, 0.25) is 0 Å². The van der Waals surface area contributed by atoms with Gasteiger partial charge in [0.05, 0.1) is 23.4 Å². The number of fused-ring (bicyclic) bond motifs is 3. The van der Waals surface area contributed by atoms with Gasteiger partial charge < -0.3 is 14.8 Å². The molecule has 0 aliphatic carbocycles. The summed E-state index contributed by atoms with van der Waals surface area (Å²) in [6, 6.07) is 9.74. The van der Waals surface area contributed by atoms with Crippen molar-refractivity contribution in [1.82, 2.24) is 19.5 Å². The maximum Gasteiger partial charge on any atom is 0.291 e. The van der Waals surface area contributed by atoms with Crippen molar-refractivity contribution in [3.63, 3.8) is 0 Å². The topological polar surface area (TPSA) is 86.9 Å². The van der Waals surface area contributed by atoms with Gasteiger partial charge in [0.15, 0.2) is 11.5 Å². The fourth-order valence-electron chi connectivity index (χ4n) is 3.73. The number of thiophene rings is 1. The van der Waals surface area contributed by atoms with Crippen LogP contribution in [0.25, 0.3) is 15.7 Å². The predicted molar refractivity (Wildman–Crippen MR) is 130 cm³/mol. The van der Waals surface area contributed by atoms with Gasteiger partial charge in [-0.05, 0) is 56.5 Å². The first-order valence-electron chi connectivity index (χ1n) is 11.2. The summed E-state index contributed by atoms with van der Waals surface area (Å²) < 4.78 is 15.3. The standard InChI is InChI=1S/C24H28N4O4S/c1-4-17-12-18-22(33-17)13-19-24(30)28(26-15-27(18)19)14-23(29)25-10-9-16-7-8-20(31-5-2)21(11-16)32-6-3/h7-8,11-13,15H,4-6,9-10,14H2,1-3H3,(H,25,29). The van der Waals surface area contributed by atoms with Crippen molar-refractivity contribution < 1.29 is 14.3 Å². The minimum atomic E-state index is -0.276. The number of hydrogen-bond acceptors (Lipinski definition) is 6. The normalized spacial score (nSPS) is 11.2. The largest absolute Gasteiger partial charge is 0.490 e. The third-order valence-electron chi connectivity index (χ3n) is 5.32. The van der Waals surface area contributed by atoms with Crippen molar-refractivity contribution in [2.24, 2.45) is 0 Å². The molecule has 0 fully saturated rings. The van der Waals surface area contributed by atoms with Crippen LogP contribution in [0.1, 0.15) is 31.2 Å². The molecule has 0 bridgehead atoms. The second-order valence-electron chi connectivity index (χ2n) is 7.56. The number of rotatable bonds is 10. The number of aromatic nitrogens is 3. The molecule has 0 saturated heterocycles. The molecule has 0 aliphatic heterocycles. The first-order chi connectivity index (χ1) is 16.0. The molecule has 0 atom stereocenters. The number of amides is 1. The Morgan fingerprint density at radius 1 is 1.06 bits per heavy atom. The lowest BCUT2D eigenvalue weighted by molar-refractivity contribution is -0.121. The molecule has 1 N–H and O–H groups in total. The van der Waals surface area contributed by atoms with E-state index in [1.54, 1.807) is 22.1 Å². The lowest BCUT2D eigenvalue weighted by Gasteiger charge is -2.12. The summed E-state index contributed by atoms with van der Waals surface area (Å²) in [5, 5.41) is 7.08. The first-order valence-corrected chi connectivity index (χ1v) is 12.0. The van der Waals surface area contributed by atoms with Gasteiger partial charge in [-0.1, -0.05) is 13.0 Å². The quantitative estimate of drug-likeness (QED) is 0.385. The molecule has 0 unspecified atom stereocenters. The highest BCUT2D eigenvalue weighted by atomic mass is 32.1. The Balaban J connectivity index is 1.39. The van der Waals surface area contributed by atoms with Gasteiger partial charge in [0.2, 0.25) is 5.91 Å². The molecule has 33 heavy (non-hydrogen) atoms. The van der Waals surface area contributed by atoms with E-state index in [0.717, 1.165) is 22.2 Å². The predicted octanol–water partition coefficient (Wildman–Crippen LogP) is 3.43. The maximum atomic E-state index is 12.8. The van der Waals surface area contributed by atoms with Gasteiger partial charge in [0.1, 0.15) is 18.4 Å². The fraction of sp³-hybridized carbons (Fsp3) is 0.375. The van der Waals surface area contributed by atoms with Crippen LogP contribution in [0, 0.1) is 0 Å². The second kappa shape index (κ2) is 10.1. The number of carbonyl (C=O) groups excluding carboxylic acids is 1. The van der Waals surface area contributed by atoms with Crippen LogP contribution in [0.3, 0.4) is 0 Å². The summed E-state index contributed by atoms with van der Waals surface area (Å²) in [7, 11) is 0. The summed E-state index contributed by atoms with van der Waals surface area (Å²) in [6.07, 6.45) is 3.19. The Kier molecular flexibility index (Phi) is 6.98. The van der Waals surface area contributed by atoms with E-state index < -0.39 is 0 Å². The van der Waals surface area contributed by atoms with Crippen molar-refractivity contribution in [2.45, 2.75) is 40.2 Å². The van der Waals surface area contributed by atoms with Crippen LogP contribution >= 0.6 is 11.3 Å². The average Bonchev–Trinajstić information content (AvgIpc) is 3.36. The highest BCUT2D eigenvalue weighted by Crippen LogP contribution is 2.29. The molecular weight excluding hydrogens is 440 g/mol. The molecule has 0 aliphatic rings. The van der Waals surface area contributed by atoms with Gasteiger partial charge in [0.25, 0.3) is 5.56 Å². The molecule has 0 saturated carbocycles. The Bertz CT molecular complexity index is 1340. The smallest absolute Gasteiger partial charge is 0.291 e. The van der Waals surface area contributed by atoms with E-state index in [1.807, 2.05) is 38.1 Å². The van der Waals surface area contributed by atoms with E-state index in [9.17, 15) is 9.59 Å². The summed E-state index contributed by atoms with van der Waals surface area (Å²) in [5.41, 5.74) is 2.26. The highest BCUT2D eigenvalue weighted by Gasteiger charge is 2.13. The lowest BCUT2D eigenvalue weighted by Crippen LogP contribution is -2.35. The van der Waals surface area contributed by atoms with Crippen LogP contribution in [-0.4, -0.2) is 39.8 Å². The molecule has 9 heteroatoms. The fourth-order valence-corrected chi connectivity index (χ4v) is 4.76. The van der Waals surface area contributed by atoms with Gasteiger partial charge in [0, 0.05) is 11.4 Å². The van der Waals surface area contributed by atoms with Crippen molar-refractivity contribution in [1.29, 1.82) is 0 Å². The Morgan fingerprint density at radius 2 is 1.85 bits per heavy atom. The molecule has 0 radical (unpaired) electrons. The number of ether oxygens (including phenoxy) is 2. The molecule has 8 nitrogen and oxygen atoms in total. The SMILES string of the molecule is CCOc1ccc(CCNC(=O)Cn2ncn3c(cc4sc(CC)cc43)c2=O)cc1OCC. The molecule has 0 spiro atoms. The van der Waals surface area contributed by atoms with E-state index in [4.69, 9.17) is 9.47 Å². The number of nitrogens with zero attached hydrogens (tertiary/aromatic N) is 3. The van der Waals surface area contributed by atoms with Crippen LogP contribution in [0.5, 0.6) is 11.5 Å². The third kappa shape index (κ3) is 4.88. The van der Waals surface area contributed by atoms with Gasteiger partial charge in [-0.25, -0.2) is 4.68 Å². The Labute approximate surface area is 195 Å². The van der Waals surface area contributed by atoms with E-state index in [1.165, 1.54) is 9.56 Å². The number of nitrogens with one attached hydrogen (secondary N) is 1. The first kappa shape index (κ1) is 22.8. The van der Waals surface area contributed by atoms with Crippen LogP contribution in [0.4, 0.5) is 0 Å². The molecule has 3 heterocycles. The molecule has 4 aromatic rings. The minimum absolute atomic E-state index is 0.123. The summed E-state index contributed by atoms with van der Waals surface area (Å²) >= 11 is 1.68. The second-order valence-corrected chi connectivity index (χ2v) is 8.72. The summed E-state index contributed by atoms with van der Waals surface area (Å²) in [5.74, 6) is 1.15. The van der Waals surface area contributed by atoms with Crippen LogP contribution in [-0.2, 0) is 24.2 Å². The summed E-state index contributed by atoms with van der Waals surface area (Å²) in [4.78, 5) is 26.6. The molecular formula is C24H28N4O4S. The van der Waals surface area contributed by atoms with Crippen molar-refractivity contribution in [2.75, 3.05) is 19.8 Å². The molecule has 174 valence electrons. The zero-order chi connectivity index (χ0) is 23.4. The molecule has 1 amide bonds. The van der Waals surface area contributed by atoms with Crippen LogP contribution in [0.15, 0.2) is 41.5 Å². The van der Waals surface area contributed by atoms with E-state index in [-0.39, 0.29) is 18.0 Å². The Hall–Kier alpha value is -3.33. The van der Waals surface area contributed by atoms with E-state index in [2.05, 4.69) is 23.4 Å². The van der Waals surface area contributed by atoms with Crippen molar-refractivity contribution in [3.8, 4) is 11.5 Å². The molecule has 4 rings (SSSR count). The molecule has 1 aromatic carbocycles. The van der Waals surface area contributed by atoms with E-state index >= 15 is 0 Å². The van der Waals surface area contributed by atoms with Crippen molar-refractivity contribution in [3.05, 3.63) is 57.5 Å². The zero-order valence-electron chi connectivity index (χ0n) is 19.1. The molecule has 3 aromatic heterocycles. The number of hydrogen-bond donors (Lipinski definition) is 1. The van der Waals surface area contributed by atoms with Gasteiger partial charge in [-0.3, -0.25) is 14.0 Å². The number of benzene rings is 1. The van der Waals surface area contributed by atoms with Gasteiger partial charge in [-0.2, -0.15) is 5.10 Å². The Morgan fingerprint density at radius 3 is 2.61 bits per heavy atom. The van der Waals surface area contributed by atoms with Gasteiger partial charge in [-0.15, -0.1) is 11.3 Å².